The van der Waals surface area contributed by atoms with E-state index in [4.69, 9.17) is 16.6 Å². The van der Waals surface area contributed by atoms with E-state index in [9.17, 15) is 9.59 Å². The van der Waals surface area contributed by atoms with E-state index in [-0.39, 0.29) is 11.0 Å². The predicted octanol–water partition coefficient (Wildman–Crippen LogP) is 4.08. The normalized spacial score (nSPS) is 10.6. The van der Waals surface area contributed by atoms with Gasteiger partial charge in [0.25, 0.3) is 5.91 Å². The van der Waals surface area contributed by atoms with Gasteiger partial charge in [-0.15, -0.1) is 0 Å². The fourth-order valence-electron chi connectivity index (χ4n) is 2.76. The number of thiocarbonyl (C=S) groups is 1. The van der Waals surface area contributed by atoms with Crippen LogP contribution in [-0.2, 0) is 11.3 Å². The fraction of sp³-hybridized carbons (Fsp3) is 0.0870. The molecular formula is C23H21N3O3S. The van der Waals surface area contributed by atoms with Gasteiger partial charge in [-0.1, -0.05) is 42.5 Å². The van der Waals surface area contributed by atoms with Gasteiger partial charge in [0, 0.05) is 19.7 Å². The summed E-state index contributed by atoms with van der Waals surface area (Å²) in [6.07, 6.45) is 4.37. The summed E-state index contributed by atoms with van der Waals surface area (Å²) < 4.78 is 5.13. The molecule has 3 rings (SSSR count). The zero-order chi connectivity index (χ0) is 21.3. The molecule has 0 unspecified atom stereocenters. The van der Waals surface area contributed by atoms with Crippen LogP contribution in [0.3, 0.4) is 0 Å². The second-order valence-corrected chi connectivity index (χ2v) is 6.89. The van der Waals surface area contributed by atoms with Gasteiger partial charge in [0.15, 0.2) is 5.11 Å². The molecule has 0 saturated heterocycles. The molecule has 0 aliphatic carbocycles. The topological polar surface area (TPSA) is 74.6 Å². The molecule has 1 aromatic heterocycles. The van der Waals surface area contributed by atoms with Crippen molar-refractivity contribution in [3.63, 3.8) is 0 Å². The van der Waals surface area contributed by atoms with E-state index in [0.29, 0.717) is 23.6 Å². The van der Waals surface area contributed by atoms with Crippen molar-refractivity contribution in [3.8, 4) is 0 Å². The van der Waals surface area contributed by atoms with Gasteiger partial charge < -0.3 is 14.6 Å². The maximum absolute atomic E-state index is 12.9. The van der Waals surface area contributed by atoms with E-state index in [1.807, 2.05) is 30.3 Å². The van der Waals surface area contributed by atoms with E-state index in [1.165, 1.54) is 18.4 Å². The largest absolute Gasteiger partial charge is 0.465 e. The Balaban J connectivity index is 1.63. The highest BCUT2D eigenvalue weighted by Crippen LogP contribution is 2.18. The first kappa shape index (κ1) is 21.0. The molecule has 3 aromatic rings. The Labute approximate surface area is 180 Å². The lowest BCUT2D eigenvalue weighted by atomic mass is 10.1. The van der Waals surface area contributed by atoms with E-state index in [2.05, 4.69) is 10.6 Å². The van der Waals surface area contributed by atoms with Crippen molar-refractivity contribution in [2.24, 2.45) is 0 Å². The van der Waals surface area contributed by atoms with Crippen LogP contribution in [0.4, 0.5) is 5.69 Å². The van der Waals surface area contributed by atoms with Gasteiger partial charge in [-0.2, -0.15) is 0 Å². The number of para-hydroxylation sites is 1. The number of rotatable bonds is 6. The average Bonchev–Trinajstić information content (AvgIpc) is 3.26. The summed E-state index contributed by atoms with van der Waals surface area (Å²) in [5.74, 6) is -0.0101. The number of carbonyl (C=O) groups is 2. The van der Waals surface area contributed by atoms with Crippen molar-refractivity contribution in [1.29, 1.82) is 0 Å². The van der Waals surface area contributed by atoms with Crippen LogP contribution < -0.4 is 10.6 Å². The number of benzene rings is 2. The molecule has 30 heavy (non-hydrogen) atoms. The zero-order valence-corrected chi connectivity index (χ0v) is 17.2. The van der Waals surface area contributed by atoms with Gasteiger partial charge >= 0.3 is 0 Å². The molecule has 2 N–H and O–H groups in total. The summed E-state index contributed by atoms with van der Waals surface area (Å²) in [6.45, 7) is 0.479. The molecule has 6 nitrogen and oxygen atoms in total. The van der Waals surface area contributed by atoms with Crippen molar-refractivity contribution in [3.05, 3.63) is 96.0 Å². The average molecular weight is 420 g/mol. The Morgan fingerprint density at radius 3 is 2.50 bits per heavy atom. The van der Waals surface area contributed by atoms with Crippen LogP contribution in [0.25, 0.3) is 6.08 Å². The molecule has 0 aliphatic heterocycles. The number of anilines is 1. The summed E-state index contributed by atoms with van der Waals surface area (Å²) in [4.78, 5) is 26.6. The van der Waals surface area contributed by atoms with E-state index >= 15 is 0 Å². The lowest BCUT2D eigenvalue weighted by Crippen LogP contribution is -2.34. The lowest BCUT2D eigenvalue weighted by molar-refractivity contribution is -0.115. The molecular weight excluding hydrogens is 398 g/mol. The number of furan rings is 1. The summed E-state index contributed by atoms with van der Waals surface area (Å²) in [5, 5.41) is 5.58. The van der Waals surface area contributed by atoms with Gasteiger partial charge in [0.05, 0.1) is 17.5 Å². The van der Waals surface area contributed by atoms with Gasteiger partial charge in [-0.05, 0) is 48.1 Å². The molecule has 0 spiro atoms. The Morgan fingerprint density at radius 1 is 1.03 bits per heavy atom. The molecule has 152 valence electrons. The molecule has 7 heteroatoms. The highest BCUT2D eigenvalue weighted by atomic mass is 32.1. The van der Waals surface area contributed by atoms with E-state index in [0.717, 1.165) is 5.56 Å². The highest BCUT2D eigenvalue weighted by Gasteiger charge is 2.16. The first-order valence-electron chi connectivity index (χ1n) is 9.25. The van der Waals surface area contributed by atoms with Gasteiger partial charge in [0.2, 0.25) is 5.91 Å². The predicted molar refractivity (Wildman–Crippen MR) is 121 cm³/mol. The summed E-state index contributed by atoms with van der Waals surface area (Å²) in [7, 11) is 1.74. The van der Waals surface area contributed by atoms with Gasteiger partial charge in [-0.3, -0.25) is 14.9 Å². The van der Waals surface area contributed by atoms with Crippen molar-refractivity contribution >= 4 is 40.9 Å². The third-order valence-electron chi connectivity index (χ3n) is 4.19. The maximum Gasteiger partial charge on any atom is 0.256 e. The minimum Gasteiger partial charge on any atom is -0.465 e. The quantitative estimate of drug-likeness (QED) is 0.465. The molecule has 0 saturated carbocycles. The van der Waals surface area contributed by atoms with Crippen molar-refractivity contribution in [2.75, 3.05) is 12.4 Å². The molecule has 1 heterocycles. The Kier molecular flexibility index (Phi) is 7.13. The maximum atomic E-state index is 12.9. The standard InChI is InChI=1S/C23H21N3O3S/c1-26(16-17-8-3-2-4-9-17)22(28)19-11-5-6-12-20(19)24-23(30)25-21(27)14-13-18-10-7-15-29-18/h2-15H,16H2,1H3,(H2,24,25,27,30)/b14-13+. The van der Waals surface area contributed by atoms with E-state index < -0.39 is 5.91 Å². The Bertz CT molecular complexity index is 1050. The number of nitrogens with zero attached hydrogens (tertiary/aromatic N) is 1. The molecule has 0 bridgehead atoms. The second kappa shape index (κ2) is 10.2. The number of nitrogens with one attached hydrogen (secondary N) is 2. The Morgan fingerprint density at radius 2 is 1.77 bits per heavy atom. The van der Waals surface area contributed by atoms with Gasteiger partial charge in [0.1, 0.15) is 5.76 Å². The zero-order valence-electron chi connectivity index (χ0n) is 16.4. The van der Waals surface area contributed by atoms with Crippen LogP contribution >= 0.6 is 12.2 Å². The van der Waals surface area contributed by atoms with Crippen molar-refractivity contribution in [2.45, 2.75) is 6.54 Å². The van der Waals surface area contributed by atoms with Crippen LogP contribution in [-0.4, -0.2) is 28.9 Å². The summed E-state index contributed by atoms with van der Waals surface area (Å²) in [6, 6.07) is 20.2. The SMILES string of the molecule is CN(Cc1ccccc1)C(=O)c1ccccc1NC(=S)NC(=O)/C=C/c1ccco1. The first-order chi connectivity index (χ1) is 14.5. The number of carbonyl (C=O) groups excluding carboxylic acids is 2. The van der Waals surface area contributed by atoms with Gasteiger partial charge in [-0.25, -0.2) is 0 Å². The smallest absolute Gasteiger partial charge is 0.256 e. The monoisotopic (exact) mass is 419 g/mol. The molecule has 0 radical (unpaired) electrons. The van der Waals surface area contributed by atoms with Crippen molar-refractivity contribution < 1.29 is 14.0 Å². The Hall–Kier alpha value is -3.71. The number of hydrogen-bond acceptors (Lipinski definition) is 4. The summed E-state index contributed by atoms with van der Waals surface area (Å²) >= 11 is 5.22. The van der Waals surface area contributed by atoms with Crippen LogP contribution in [0, 0.1) is 0 Å². The first-order valence-corrected chi connectivity index (χ1v) is 9.66. The van der Waals surface area contributed by atoms with E-state index in [1.54, 1.807) is 48.3 Å². The molecule has 0 atom stereocenters. The highest BCUT2D eigenvalue weighted by molar-refractivity contribution is 7.80. The minimum absolute atomic E-state index is 0.0926. The van der Waals surface area contributed by atoms with Crippen LogP contribution in [0.2, 0.25) is 0 Å². The molecule has 2 aromatic carbocycles. The lowest BCUT2D eigenvalue weighted by Gasteiger charge is -2.20. The molecule has 0 fully saturated rings. The summed E-state index contributed by atoms with van der Waals surface area (Å²) in [5.41, 5.74) is 2.01. The molecule has 2 amide bonds. The van der Waals surface area contributed by atoms with Crippen molar-refractivity contribution in [1.82, 2.24) is 10.2 Å². The minimum atomic E-state index is -0.408. The van der Waals surface area contributed by atoms with Crippen LogP contribution in [0.1, 0.15) is 21.7 Å². The third-order valence-corrected chi connectivity index (χ3v) is 4.40. The third kappa shape index (κ3) is 5.89. The van der Waals surface area contributed by atoms with Crippen LogP contribution in [0.5, 0.6) is 0 Å². The van der Waals surface area contributed by atoms with Crippen LogP contribution in [0.15, 0.2) is 83.5 Å². The number of amides is 2. The molecule has 0 aliphatic rings. The fourth-order valence-corrected chi connectivity index (χ4v) is 2.97. The number of hydrogen-bond donors (Lipinski definition) is 2. The second-order valence-electron chi connectivity index (χ2n) is 6.48.